The molecule has 19 heavy (non-hydrogen) atoms. The molecule has 110 valence electrons. The van der Waals surface area contributed by atoms with Gasteiger partial charge in [0.05, 0.1) is 5.92 Å². The van der Waals surface area contributed by atoms with E-state index in [9.17, 15) is 26.7 Å². The van der Waals surface area contributed by atoms with E-state index in [1.165, 1.54) is 0 Å². The van der Waals surface area contributed by atoms with Crippen molar-refractivity contribution in [2.75, 3.05) is 0 Å². The van der Waals surface area contributed by atoms with Crippen LogP contribution >= 0.6 is 0 Å². The number of fused-ring (bicyclic) bond motifs is 2. The molecule has 2 fully saturated rings. The van der Waals surface area contributed by atoms with Crippen molar-refractivity contribution >= 4 is 5.97 Å². The highest BCUT2D eigenvalue weighted by atomic mass is 19.4. The van der Waals surface area contributed by atoms with Gasteiger partial charge in [0.25, 0.3) is 12.0 Å². The standard InChI is InChI=1S/C12H15F5O2/c1-11(13,14)10(12(15,16)17)19-9(18)8-5-6-2-3-7(8)4-6/h6-8,10H,2-5H2,1H3. The molecule has 2 rings (SSSR count). The lowest BCUT2D eigenvalue weighted by atomic mass is 9.89. The highest BCUT2D eigenvalue weighted by Crippen LogP contribution is 2.49. The number of hydrogen-bond acceptors (Lipinski definition) is 2. The molecular formula is C12H15F5O2. The predicted molar refractivity (Wildman–Crippen MR) is 55.5 cm³/mol. The van der Waals surface area contributed by atoms with Crippen molar-refractivity contribution in [1.29, 1.82) is 0 Å². The van der Waals surface area contributed by atoms with E-state index in [4.69, 9.17) is 0 Å². The van der Waals surface area contributed by atoms with Gasteiger partial charge in [0.15, 0.2) is 0 Å². The van der Waals surface area contributed by atoms with Crippen molar-refractivity contribution in [3.8, 4) is 0 Å². The van der Waals surface area contributed by atoms with Gasteiger partial charge in [-0.15, -0.1) is 0 Å². The van der Waals surface area contributed by atoms with Crippen LogP contribution < -0.4 is 0 Å². The third-order valence-electron chi connectivity index (χ3n) is 4.03. The lowest BCUT2D eigenvalue weighted by molar-refractivity contribution is -0.275. The van der Waals surface area contributed by atoms with E-state index < -0.39 is 30.1 Å². The molecule has 0 saturated heterocycles. The molecule has 0 aliphatic heterocycles. The van der Waals surface area contributed by atoms with Crippen LogP contribution in [0.25, 0.3) is 0 Å². The van der Waals surface area contributed by atoms with Gasteiger partial charge in [-0.25, -0.2) is 8.78 Å². The molecule has 2 nitrogen and oxygen atoms in total. The van der Waals surface area contributed by atoms with Gasteiger partial charge in [0.2, 0.25) is 0 Å². The Morgan fingerprint density at radius 3 is 2.16 bits per heavy atom. The number of carbonyl (C=O) groups is 1. The number of rotatable bonds is 3. The molecule has 0 radical (unpaired) electrons. The first-order chi connectivity index (χ1) is 8.59. The number of carbonyl (C=O) groups excluding carboxylic acids is 1. The molecule has 0 N–H and O–H groups in total. The summed E-state index contributed by atoms with van der Waals surface area (Å²) >= 11 is 0. The van der Waals surface area contributed by atoms with Crippen LogP contribution in [-0.2, 0) is 9.53 Å². The lowest BCUT2D eigenvalue weighted by Crippen LogP contribution is -2.47. The van der Waals surface area contributed by atoms with Gasteiger partial charge in [-0.3, -0.25) is 4.79 Å². The molecule has 0 spiro atoms. The summed E-state index contributed by atoms with van der Waals surface area (Å²) < 4.78 is 67.4. The van der Waals surface area contributed by atoms with E-state index in [0.29, 0.717) is 12.3 Å². The number of halogens is 5. The van der Waals surface area contributed by atoms with E-state index in [2.05, 4.69) is 4.74 Å². The monoisotopic (exact) mass is 286 g/mol. The van der Waals surface area contributed by atoms with Gasteiger partial charge >= 0.3 is 12.1 Å². The fourth-order valence-corrected chi connectivity index (χ4v) is 3.19. The highest BCUT2D eigenvalue weighted by molar-refractivity contribution is 5.73. The molecule has 7 heteroatoms. The molecule has 2 bridgehead atoms. The van der Waals surface area contributed by atoms with E-state index in [1.54, 1.807) is 0 Å². The Bertz CT molecular complexity index is 346. The Labute approximate surface area is 107 Å². The first kappa shape index (κ1) is 14.5. The van der Waals surface area contributed by atoms with Gasteiger partial charge in [-0.05, 0) is 31.1 Å². The Morgan fingerprint density at radius 2 is 1.79 bits per heavy atom. The van der Waals surface area contributed by atoms with Crippen molar-refractivity contribution in [3.05, 3.63) is 0 Å². The third-order valence-corrected chi connectivity index (χ3v) is 4.03. The average molecular weight is 286 g/mol. The topological polar surface area (TPSA) is 26.3 Å². The lowest BCUT2D eigenvalue weighted by Gasteiger charge is -2.28. The molecule has 0 heterocycles. The summed E-state index contributed by atoms with van der Waals surface area (Å²) in [5.41, 5.74) is 0. The van der Waals surface area contributed by atoms with Crippen molar-refractivity contribution in [1.82, 2.24) is 0 Å². The molecule has 4 atom stereocenters. The van der Waals surface area contributed by atoms with Crippen molar-refractivity contribution in [2.24, 2.45) is 17.8 Å². The SMILES string of the molecule is CC(F)(F)C(OC(=O)C1CC2CCC1C2)C(F)(F)F. The normalized spacial score (nSPS) is 32.4. The van der Waals surface area contributed by atoms with Crippen LogP contribution in [0.3, 0.4) is 0 Å². The molecule has 0 amide bonds. The van der Waals surface area contributed by atoms with Crippen LogP contribution in [0.4, 0.5) is 22.0 Å². The number of alkyl halides is 5. The molecule has 0 aromatic heterocycles. The Hall–Kier alpha value is -0.880. The Balaban J connectivity index is 2.04. The minimum absolute atomic E-state index is 0.00291. The number of hydrogen-bond donors (Lipinski definition) is 0. The van der Waals surface area contributed by atoms with E-state index in [1.807, 2.05) is 0 Å². The zero-order valence-electron chi connectivity index (χ0n) is 10.3. The van der Waals surface area contributed by atoms with Crippen molar-refractivity contribution in [2.45, 2.75) is 50.8 Å². The van der Waals surface area contributed by atoms with Gasteiger partial charge in [0.1, 0.15) is 0 Å². The van der Waals surface area contributed by atoms with Crippen LogP contribution in [0.15, 0.2) is 0 Å². The maximum absolute atomic E-state index is 12.9. The summed E-state index contributed by atoms with van der Waals surface area (Å²) in [6.45, 7) is 0.110. The van der Waals surface area contributed by atoms with Crippen LogP contribution in [0, 0.1) is 17.8 Å². The van der Waals surface area contributed by atoms with Gasteiger partial charge in [-0.2, -0.15) is 13.2 Å². The Morgan fingerprint density at radius 1 is 1.16 bits per heavy atom. The van der Waals surface area contributed by atoms with Gasteiger partial charge in [0, 0.05) is 6.92 Å². The minimum atomic E-state index is -5.26. The van der Waals surface area contributed by atoms with Crippen LogP contribution in [0.5, 0.6) is 0 Å². The smallest absolute Gasteiger partial charge is 0.431 e. The van der Waals surface area contributed by atoms with E-state index in [0.717, 1.165) is 19.3 Å². The molecule has 2 aliphatic carbocycles. The molecule has 4 unspecified atom stereocenters. The quantitative estimate of drug-likeness (QED) is 0.586. The summed E-state index contributed by atoms with van der Waals surface area (Å²) in [4.78, 5) is 11.7. The fourth-order valence-electron chi connectivity index (χ4n) is 3.19. The van der Waals surface area contributed by atoms with Crippen molar-refractivity contribution in [3.63, 3.8) is 0 Å². The molecular weight excluding hydrogens is 271 g/mol. The fraction of sp³-hybridized carbons (Fsp3) is 0.917. The second-order valence-electron chi connectivity index (χ2n) is 5.60. The number of esters is 1. The highest BCUT2D eigenvalue weighted by Gasteiger charge is 2.57. The first-order valence-corrected chi connectivity index (χ1v) is 6.24. The summed E-state index contributed by atoms with van der Waals surface area (Å²) in [5, 5.41) is 0. The summed E-state index contributed by atoms with van der Waals surface area (Å²) in [6, 6.07) is 0. The van der Waals surface area contributed by atoms with Crippen LogP contribution in [0.1, 0.15) is 32.6 Å². The van der Waals surface area contributed by atoms with E-state index >= 15 is 0 Å². The van der Waals surface area contributed by atoms with Crippen LogP contribution in [-0.4, -0.2) is 24.2 Å². The van der Waals surface area contributed by atoms with Crippen LogP contribution in [0.2, 0.25) is 0 Å². The first-order valence-electron chi connectivity index (χ1n) is 6.24. The summed E-state index contributed by atoms with van der Waals surface area (Å²) in [7, 11) is 0. The second-order valence-corrected chi connectivity index (χ2v) is 5.60. The minimum Gasteiger partial charge on any atom is -0.446 e. The molecule has 0 aromatic rings. The van der Waals surface area contributed by atoms with Crippen molar-refractivity contribution < 1.29 is 31.5 Å². The van der Waals surface area contributed by atoms with Gasteiger partial charge < -0.3 is 4.74 Å². The Kier molecular flexibility index (Phi) is 3.51. The maximum atomic E-state index is 12.9. The number of ether oxygens (including phenoxy) is 1. The third kappa shape index (κ3) is 3.00. The molecule has 0 aromatic carbocycles. The maximum Gasteiger partial charge on any atom is 0.431 e. The molecule has 2 saturated carbocycles. The second kappa shape index (κ2) is 4.59. The summed E-state index contributed by atoms with van der Waals surface area (Å²) in [5.74, 6) is -5.58. The predicted octanol–water partition coefficient (Wildman–Crippen LogP) is 3.55. The molecule has 2 aliphatic rings. The zero-order valence-corrected chi connectivity index (χ0v) is 10.3. The zero-order chi connectivity index (χ0) is 14.4. The summed E-state index contributed by atoms with van der Waals surface area (Å²) in [6.07, 6.45) is -5.63. The average Bonchev–Trinajstić information content (AvgIpc) is 2.83. The van der Waals surface area contributed by atoms with Gasteiger partial charge in [-0.1, -0.05) is 6.42 Å². The van der Waals surface area contributed by atoms with E-state index in [-0.39, 0.29) is 12.8 Å². The largest absolute Gasteiger partial charge is 0.446 e.